The molecule has 30 heavy (non-hydrogen) atoms. The number of carbonyl (C=O) groups is 3. The van der Waals surface area contributed by atoms with Gasteiger partial charge in [-0.05, 0) is 48.9 Å². The van der Waals surface area contributed by atoms with Crippen molar-refractivity contribution >= 4 is 34.7 Å². The summed E-state index contributed by atoms with van der Waals surface area (Å²) in [6.45, 7) is 2.66. The molecule has 8 heteroatoms. The van der Waals surface area contributed by atoms with Crippen LogP contribution in [0, 0.1) is 0 Å². The molecule has 0 aliphatic heterocycles. The van der Waals surface area contributed by atoms with E-state index >= 15 is 0 Å². The molecule has 3 N–H and O–H groups in total. The van der Waals surface area contributed by atoms with Crippen LogP contribution < -0.4 is 16.0 Å². The summed E-state index contributed by atoms with van der Waals surface area (Å²) in [5.74, 6) is -1.81. The fourth-order valence-electron chi connectivity index (χ4n) is 2.66. The Labute approximate surface area is 178 Å². The molecule has 3 amide bonds. The van der Waals surface area contributed by atoms with Gasteiger partial charge in [0, 0.05) is 27.2 Å². The fourth-order valence-corrected chi connectivity index (χ4v) is 3.55. The van der Waals surface area contributed by atoms with E-state index in [4.69, 9.17) is 0 Å². The lowest BCUT2D eigenvalue weighted by Crippen LogP contribution is -2.34. The summed E-state index contributed by atoms with van der Waals surface area (Å²) in [6, 6.07) is 15.8. The van der Waals surface area contributed by atoms with Gasteiger partial charge in [0.05, 0.1) is 18.8 Å². The second kappa shape index (κ2) is 10.3. The normalized spacial score (nSPS) is 10.3. The van der Waals surface area contributed by atoms with E-state index in [0.717, 1.165) is 17.0 Å². The van der Waals surface area contributed by atoms with Crippen LogP contribution in [0.4, 0.5) is 5.69 Å². The molecule has 2 heterocycles. The van der Waals surface area contributed by atoms with Crippen LogP contribution in [-0.4, -0.2) is 22.7 Å². The van der Waals surface area contributed by atoms with E-state index in [1.54, 1.807) is 41.8 Å². The average Bonchev–Trinajstić information content (AvgIpc) is 3.25. The summed E-state index contributed by atoms with van der Waals surface area (Å²) < 4.78 is 0. The molecule has 0 unspecified atom stereocenters. The van der Waals surface area contributed by atoms with Gasteiger partial charge in [0.15, 0.2) is 0 Å². The molecule has 0 saturated carbocycles. The van der Waals surface area contributed by atoms with Crippen molar-refractivity contribution in [1.29, 1.82) is 0 Å². The van der Waals surface area contributed by atoms with Crippen molar-refractivity contribution in [3.05, 3.63) is 81.8 Å². The van der Waals surface area contributed by atoms with Crippen molar-refractivity contribution in [2.24, 2.45) is 0 Å². The first-order valence-electron chi connectivity index (χ1n) is 9.50. The Morgan fingerprint density at radius 3 is 2.47 bits per heavy atom. The first-order chi connectivity index (χ1) is 14.5. The molecule has 0 saturated heterocycles. The van der Waals surface area contributed by atoms with Gasteiger partial charge >= 0.3 is 11.8 Å². The van der Waals surface area contributed by atoms with Gasteiger partial charge in [-0.25, -0.2) is 0 Å². The summed E-state index contributed by atoms with van der Waals surface area (Å²) in [6.07, 6.45) is 2.59. The van der Waals surface area contributed by atoms with Crippen molar-refractivity contribution < 1.29 is 14.4 Å². The Morgan fingerprint density at radius 2 is 1.73 bits per heavy atom. The lowest BCUT2D eigenvalue weighted by Gasteiger charge is -2.08. The van der Waals surface area contributed by atoms with Gasteiger partial charge in [-0.15, -0.1) is 11.3 Å². The summed E-state index contributed by atoms with van der Waals surface area (Å²) in [5, 5.41) is 7.90. The molecule has 0 bridgehead atoms. The van der Waals surface area contributed by atoms with Gasteiger partial charge in [-0.3, -0.25) is 19.4 Å². The molecule has 0 spiro atoms. The van der Waals surface area contributed by atoms with Gasteiger partial charge < -0.3 is 16.0 Å². The Hall–Kier alpha value is -3.52. The monoisotopic (exact) mass is 422 g/mol. The minimum absolute atomic E-state index is 0.293. The minimum atomic E-state index is -0.784. The number of hydrogen-bond donors (Lipinski definition) is 3. The number of hydrogen-bond acceptors (Lipinski definition) is 5. The Morgan fingerprint density at radius 1 is 0.900 bits per heavy atom. The van der Waals surface area contributed by atoms with Crippen LogP contribution in [-0.2, 0) is 29.1 Å². The lowest BCUT2D eigenvalue weighted by molar-refractivity contribution is -0.136. The second-order valence-corrected chi connectivity index (χ2v) is 7.70. The second-order valence-electron chi connectivity index (χ2n) is 6.44. The largest absolute Gasteiger partial charge is 0.346 e. The number of benzene rings is 1. The highest BCUT2D eigenvalue weighted by atomic mass is 32.1. The van der Waals surface area contributed by atoms with Gasteiger partial charge in [0.25, 0.3) is 5.91 Å². The van der Waals surface area contributed by atoms with E-state index in [1.807, 2.05) is 24.3 Å². The number of aromatic nitrogens is 1. The number of pyridine rings is 1. The summed E-state index contributed by atoms with van der Waals surface area (Å²) in [4.78, 5) is 42.9. The van der Waals surface area contributed by atoms with E-state index in [9.17, 15) is 14.4 Å². The molecule has 0 aliphatic carbocycles. The SMILES string of the molecule is CCc1ccc(CNC(=O)C(=O)Nc2cccc(C(=O)NCc3ccccn3)c2)s1. The third-order valence-corrected chi connectivity index (χ3v) is 5.46. The number of aryl methyl sites for hydroxylation is 1. The highest BCUT2D eigenvalue weighted by Gasteiger charge is 2.15. The molecule has 1 aromatic carbocycles. The predicted molar refractivity (Wildman–Crippen MR) is 116 cm³/mol. The molecule has 3 rings (SSSR count). The number of anilines is 1. The third kappa shape index (κ3) is 5.99. The van der Waals surface area contributed by atoms with Crippen molar-refractivity contribution in [2.75, 3.05) is 5.32 Å². The smallest absolute Gasteiger partial charge is 0.313 e. The molecular weight excluding hydrogens is 400 g/mol. The first-order valence-corrected chi connectivity index (χ1v) is 10.3. The van der Waals surface area contributed by atoms with Gasteiger partial charge in [0.1, 0.15) is 0 Å². The molecule has 2 aromatic heterocycles. The highest BCUT2D eigenvalue weighted by molar-refractivity contribution is 7.11. The molecule has 0 atom stereocenters. The first kappa shape index (κ1) is 21.2. The Bertz CT molecular complexity index is 1030. The minimum Gasteiger partial charge on any atom is -0.346 e. The van der Waals surface area contributed by atoms with E-state index in [-0.39, 0.29) is 5.91 Å². The number of nitrogens with one attached hydrogen (secondary N) is 3. The number of rotatable bonds is 7. The van der Waals surface area contributed by atoms with E-state index in [0.29, 0.717) is 24.3 Å². The maximum atomic E-state index is 12.3. The quantitative estimate of drug-likeness (QED) is 0.510. The van der Waals surface area contributed by atoms with Gasteiger partial charge in [-0.2, -0.15) is 0 Å². The standard InChI is InChI=1S/C22H22N4O3S/c1-2-18-9-10-19(30-18)14-25-21(28)22(29)26-16-8-5-6-15(12-16)20(27)24-13-17-7-3-4-11-23-17/h3-12H,2,13-14H2,1H3,(H,24,27)(H,25,28)(H,26,29). The van der Waals surface area contributed by atoms with Gasteiger partial charge in [-0.1, -0.05) is 19.1 Å². The highest BCUT2D eigenvalue weighted by Crippen LogP contribution is 2.16. The van der Waals surface area contributed by atoms with Crippen LogP contribution in [0.2, 0.25) is 0 Å². The molecule has 7 nitrogen and oxygen atoms in total. The van der Waals surface area contributed by atoms with Crippen LogP contribution in [0.25, 0.3) is 0 Å². The zero-order valence-corrected chi connectivity index (χ0v) is 17.3. The number of thiophene rings is 1. The van der Waals surface area contributed by atoms with Gasteiger partial charge in [0.2, 0.25) is 0 Å². The molecule has 0 radical (unpaired) electrons. The average molecular weight is 423 g/mol. The molecule has 0 fully saturated rings. The van der Waals surface area contributed by atoms with Crippen LogP contribution in [0.5, 0.6) is 0 Å². The number of amides is 3. The Balaban J connectivity index is 1.52. The van der Waals surface area contributed by atoms with Crippen molar-refractivity contribution in [1.82, 2.24) is 15.6 Å². The molecular formula is C22H22N4O3S. The predicted octanol–water partition coefficient (Wildman–Crippen LogP) is 2.89. The zero-order chi connectivity index (χ0) is 21.3. The van der Waals surface area contributed by atoms with Crippen LogP contribution >= 0.6 is 11.3 Å². The molecule has 154 valence electrons. The summed E-state index contributed by atoms with van der Waals surface area (Å²) in [5.41, 5.74) is 1.48. The lowest BCUT2D eigenvalue weighted by atomic mass is 10.2. The summed E-state index contributed by atoms with van der Waals surface area (Å²) >= 11 is 1.60. The number of carbonyl (C=O) groups excluding carboxylic acids is 3. The molecule has 0 aliphatic rings. The topological polar surface area (TPSA) is 100 Å². The van der Waals surface area contributed by atoms with Crippen molar-refractivity contribution in [3.8, 4) is 0 Å². The molecule has 3 aromatic rings. The summed E-state index contributed by atoms with van der Waals surface area (Å²) in [7, 11) is 0. The zero-order valence-electron chi connectivity index (χ0n) is 16.5. The van der Waals surface area contributed by atoms with Crippen molar-refractivity contribution in [2.45, 2.75) is 26.4 Å². The number of nitrogens with zero attached hydrogens (tertiary/aromatic N) is 1. The maximum absolute atomic E-state index is 12.3. The maximum Gasteiger partial charge on any atom is 0.313 e. The van der Waals surface area contributed by atoms with Crippen molar-refractivity contribution in [3.63, 3.8) is 0 Å². The van der Waals surface area contributed by atoms with E-state index in [1.165, 1.54) is 10.9 Å². The van der Waals surface area contributed by atoms with Crippen LogP contribution in [0.1, 0.15) is 32.7 Å². The van der Waals surface area contributed by atoms with Crippen LogP contribution in [0.3, 0.4) is 0 Å². The third-order valence-electron chi connectivity index (χ3n) is 4.23. The van der Waals surface area contributed by atoms with E-state index < -0.39 is 11.8 Å². The van der Waals surface area contributed by atoms with Crippen LogP contribution in [0.15, 0.2) is 60.8 Å². The Kier molecular flexibility index (Phi) is 7.29. The van der Waals surface area contributed by atoms with E-state index in [2.05, 4.69) is 27.9 Å². The fraction of sp³-hybridized carbons (Fsp3) is 0.182.